The van der Waals surface area contributed by atoms with Crippen LogP contribution in [-0.2, 0) is 4.74 Å². The molecule has 0 N–H and O–H groups in total. The third-order valence-electron chi connectivity index (χ3n) is 2.50. The summed E-state index contributed by atoms with van der Waals surface area (Å²) < 4.78 is 11.0. The monoisotopic (exact) mass is 218 g/mol. The van der Waals surface area contributed by atoms with Gasteiger partial charge in [-0.15, -0.1) is 0 Å². The number of hydrogen-bond donors (Lipinski definition) is 0. The number of nitriles is 1. The highest BCUT2D eigenvalue weighted by atomic mass is 16.5. The molecule has 0 amide bonds. The Morgan fingerprint density at radius 3 is 3.19 bits per heavy atom. The molecule has 1 aliphatic heterocycles. The van der Waals surface area contributed by atoms with Crippen molar-refractivity contribution in [1.29, 1.82) is 5.26 Å². The van der Waals surface area contributed by atoms with E-state index in [0.717, 1.165) is 25.1 Å². The highest BCUT2D eigenvalue weighted by Crippen LogP contribution is 2.15. The molecule has 1 atom stereocenters. The molecule has 0 saturated carbocycles. The zero-order chi connectivity index (χ0) is 11.4. The second-order valence-corrected chi connectivity index (χ2v) is 3.89. The molecule has 4 nitrogen and oxygen atoms in total. The lowest BCUT2D eigenvalue weighted by molar-refractivity contribution is 0.0663. The van der Waals surface area contributed by atoms with Gasteiger partial charge in [-0.25, -0.2) is 4.98 Å². The highest BCUT2D eigenvalue weighted by molar-refractivity contribution is 5.34. The van der Waals surface area contributed by atoms with Crippen LogP contribution in [0.5, 0.6) is 5.88 Å². The van der Waals surface area contributed by atoms with E-state index in [0.29, 0.717) is 18.1 Å². The van der Waals surface area contributed by atoms with Crippen LogP contribution in [0, 0.1) is 18.3 Å². The molecule has 1 aliphatic rings. The van der Waals surface area contributed by atoms with Crippen LogP contribution in [-0.4, -0.2) is 24.3 Å². The topological polar surface area (TPSA) is 55.1 Å². The van der Waals surface area contributed by atoms with Crippen molar-refractivity contribution in [1.82, 2.24) is 4.98 Å². The summed E-state index contributed by atoms with van der Waals surface area (Å²) in [6, 6.07) is 5.47. The third kappa shape index (κ3) is 2.71. The molecular weight excluding hydrogens is 204 g/mol. The van der Waals surface area contributed by atoms with Gasteiger partial charge >= 0.3 is 0 Å². The van der Waals surface area contributed by atoms with Crippen LogP contribution >= 0.6 is 0 Å². The molecule has 0 radical (unpaired) electrons. The highest BCUT2D eigenvalue weighted by Gasteiger charge is 2.16. The van der Waals surface area contributed by atoms with Gasteiger partial charge in [0.05, 0.1) is 17.7 Å². The average Bonchev–Trinajstić information content (AvgIpc) is 2.78. The van der Waals surface area contributed by atoms with E-state index >= 15 is 0 Å². The van der Waals surface area contributed by atoms with Gasteiger partial charge in [-0.2, -0.15) is 5.26 Å². The molecule has 2 rings (SSSR count). The Morgan fingerprint density at radius 1 is 1.62 bits per heavy atom. The van der Waals surface area contributed by atoms with E-state index in [4.69, 9.17) is 14.7 Å². The van der Waals surface area contributed by atoms with Crippen molar-refractivity contribution in [3.05, 3.63) is 23.4 Å². The predicted octanol–water partition coefficient (Wildman–Crippen LogP) is 1.82. The molecule has 4 heteroatoms. The lowest BCUT2D eigenvalue weighted by Crippen LogP contribution is -2.16. The van der Waals surface area contributed by atoms with Crippen molar-refractivity contribution in [2.45, 2.75) is 25.9 Å². The second-order valence-electron chi connectivity index (χ2n) is 3.89. The first-order valence-electron chi connectivity index (χ1n) is 5.41. The Labute approximate surface area is 94.8 Å². The van der Waals surface area contributed by atoms with E-state index in [2.05, 4.69) is 11.1 Å². The van der Waals surface area contributed by atoms with Gasteiger partial charge in [-0.3, -0.25) is 0 Å². The van der Waals surface area contributed by atoms with Crippen LogP contribution in [0.1, 0.15) is 24.1 Å². The van der Waals surface area contributed by atoms with Crippen molar-refractivity contribution in [2.24, 2.45) is 0 Å². The van der Waals surface area contributed by atoms with Crippen LogP contribution in [0.3, 0.4) is 0 Å². The van der Waals surface area contributed by atoms with Gasteiger partial charge in [0.2, 0.25) is 5.88 Å². The largest absolute Gasteiger partial charge is 0.475 e. The predicted molar refractivity (Wildman–Crippen MR) is 58.2 cm³/mol. The van der Waals surface area contributed by atoms with E-state index in [1.165, 1.54) is 0 Å². The quantitative estimate of drug-likeness (QED) is 0.776. The minimum atomic E-state index is 0.174. The van der Waals surface area contributed by atoms with Crippen LogP contribution in [0.15, 0.2) is 12.1 Å². The van der Waals surface area contributed by atoms with Crippen molar-refractivity contribution in [3.63, 3.8) is 0 Å². The van der Waals surface area contributed by atoms with Gasteiger partial charge in [0.1, 0.15) is 6.61 Å². The summed E-state index contributed by atoms with van der Waals surface area (Å²) in [6.45, 7) is 3.18. The van der Waals surface area contributed by atoms with E-state index in [-0.39, 0.29) is 6.10 Å². The van der Waals surface area contributed by atoms with Gasteiger partial charge in [-0.05, 0) is 25.8 Å². The second kappa shape index (κ2) is 4.95. The number of rotatable bonds is 3. The fourth-order valence-electron chi connectivity index (χ4n) is 1.73. The number of hydrogen-bond acceptors (Lipinski definition) is 4. The smallest absolute Gasteiger partial charge is 0.214 e. The Balaban J connectivity index is 1.98. The molecule has 0 aromatic carbocycles. The number of aromatic nitrogens is 1. The minimum absolute atomic E-state index is 0.174. The summed E-state index contributed by atoms with van der Waals surface area (Å²) in [5, 5.41) is 8.81. The normalized spacial score (nSPS) is 19.4. The molecule has 1 fully saturated rings. The van der Waals surface area contributed by atoms with Crippen LogP contribution in [0.2, 0.25) is 0 Å². The van der Waals surface area contributed by atoms with Crippen molar-refractivity contribution in [3.8, 4) is 11.9 Å². The van der Waals surface area contributed by atoms with Gasteiger partial charge in [0, 0.05) is 18.4 Å². The molecule has 16 heavy (non-hydrogen) atoms. The average molecular weight is 218 g/mol. The molecule has 1 aromatic rings. The summed E-state index contributed by atoms with van der Waals surface area (Å²) >= 11 is 0. The molecule has 1 aromatic heterocycles. The standard InChI is InChI=1S/C12H14N2O2/c1-9-5-10(7-13)6-12(14-9)16-8-11-3-2-4-15-11/h5-6,11H,2-4,8H2,1H3. The fourth-order valence-corrected chi connectivity index (χ4v) is 1.73. The zero-order valence-electron chi connectivity index (χ0n) is 9.27. The van der Waals surface area contributed by atoms with Crippen LogP contribution < -0.4 is 4.74 Å². The first kappa shape index (κ1) is 10.9. The van der Waals surface area contributed by atoms with Gasteiger partial charge in [-0.1, -0.05) is 0 Å². The maximum absolute atomic E-state index is 8.81. The third-order valence-corrected chi connectivity index (χ3v) is 2.50. The minimum Gasteiger partial charge on any atom is -0.475 e. The fraction of sp³-hybridized carbons (Fsp3) is 0.500. The summed E-state index contributed by atoms with van der Waals surface area (Å²) in [4.78, 5) is 4.21. The Hall–Kier alpha value is -1.60. The van der Waals surface area contributed by atoms with Gasteiger partial charge in [0.15, 0.2) is 0 Å². The molecule has 84 valence electrons. The van der Waals surface area contributed by atoms with Crippen molar-refractivity contribution < 1.29 is 9.47 Å². The van der Waals surface area contributed by atoms with E-state index < -0.39 is 0 Å². The van der Waals surface area contributed by atoms with E-state index in [1.807, 2.05) is 6.92 Å². The van der Waals surface area contributed by atoms with E-state index in [9.17, 15) is 0 Å². The molecule has 1 unspecified atom stereocenters. The lowest BCUT2D eigenvalue weighted by atomic mass is 10.2. The summed E-state index contributed by atoms with van der Waals surface area (Å²) in [7, 11) is 0. The first-order valence-corrected chi connectivity index (χ1v) is 5.41. The number of pyridine rings is 1. The Morgan fingerprint density at radius 2 is 2.50 bits per heavy atom. The number of ether oxygens (including phenoxy) is 2. The van der Waals surface area contributed by atoms with Crippen molar-refractivity contribution >= 4 is 0 Å². The number of aryl methyl sites for hydroxylation is 1. The molecular formula is C12H14N2O2. The zero-order valence-corrected chi connectivity index (χ0v) is 9.27. The SMILES string of the molecule is Cc1cc(C#N)cc(OCC2CCCO2)n1. The maximum Gasteiger partial charge on any atom is 0.214 e. The van der Waals surface area contributed by atoms with Gasteiger partial charge < -0.3 is 9.47 Å². The summed E-state index contributed by atoms with van der Waals surface area (Å²) in [5.74, 6) is 0.507. The molecule has 1 saturated heterocycles. The molecule has 0 aliphatic carbocycles. The molecule has 0 bridgehead atoms. The van der Waals surface area contributed by atoms with Gasteiger partial charge in [0.25, 0.3) is 0 Å². The number of nitrogens with zero attached hydrogens (tertiary/aromatic N) is 2. The molecule has 0 spiro atoms. The maximum atomic E-state index is 8.81. The lowest BCUT2D eigenvalue weighted by Gasteiger charge is -2.11. The Kier molecular flexibility index (Phi) is 3.37. The van der Waals surface area contributed by atoms with Crippen LogP contribution in [0.4, 0.5) is 0 Å². The summed E-state index contributed by atoms with van der Waals surface area (Å²) in [6.07, 6.45) is 2.31. The van der Waals surface area contributed by atoms with Crippen LogP contribution in [0.25, 0.3) is 0 Å². The van der Waals surface area contributed by atoms with E-state index in [1.54, 1.807) is 12.1 Å². The Bertz CT molecular complexity index is 406. The first-order chi connectivity index (χ1) is 7.78. The summed E-state index contributed by atoms with van der Waals surface area (Å²) in [5.41, 5.74) is 1.37. The van der Waals surface area contributed by atoms with Crippen molar-refractivity contribution in [2.75, 3.05) is 13.2 Å². The molecule has 2 heterocycles.